The molecule has 2 aromatic rings. The van der Waals surface area contributed by atoms with Crippen LogP contribution in [0.15, 0.2) is 48.5 Å². The molecule has 2 atom stereocenters. The number of hydrogen-bond donors (Lipinski definition) is 2. The summed E-state index contributed by atoms with van der Waals surface area (Å²) in [5.41, 5.74) is 2.05. The van der Waals surface area contributed by atoms with Gasteiger partial charge in [0.1, 0.15) is 13.2 Å². The lowest BCUT2D eigenvalue weighted by Gasteiger charge is -2.14. The van der Waals surface area contributed by atoms with Gasteiger partial charge >= 0.3 is 24.3 Å². The Morgan fingerprint density at radius 1 is 0.656 bits per heavy atom. The zero-order chi connectivity index (χ0) is 24.1. The normalized spacial score (nSPS) is 13.9. The SMILES string of the molecule is O=C(OCc1ccc(-c2ccc(COC(=O)[C@@H](O)C(F)(F)F)cc2)cc1)[C@@H](O)C(F)(F)F. The van der Waals surface area contributed by atoms with Crippen LogP contribution >= 0.6 is 0 Å². The monoisotopic (exact) mass is 466 g/mol. The molecule has 2 aromatic carbocycles. The van der Waals surface area contributed by atoms with Crippen molar-refractivity contribution in [3.05, 3.63) is 59.7 Å². The highest BCUT2D eigenvalue weighted by Gasteiger charge is 2.45. The van der Waals surface area contributed by atoms with Gasteiger partial charge in [-0.2, -0.15) is 26.3 Å². The third-order valence-corrected chi connectivity index (χ3v) is 4.07. The number of alkyl halides is 6. The number of carbonyl (C=O) groups is 2. The zero-order valence-electron chi connectivity index (χ0n) is 16.0. The summed E-state index contributed by atoms with van der Waals surface area (Å²) in [7, 11) is 0. The van der Waals surface area contributed by atoms with E-state index in [-0.39, 0.29) is 0 Å². The Morgan fingerprint density at radius 3 is 1.19 bits per heavy atom. The number of carbonyl (C=O) groups excluding carboxylic acids is 2. The van der Waals surface area contributed by atoms with Gasteiger partial charge in [-0.25, -0.2) is 9.59 Å². The Labute approximate surface area is 177 Å². The summed E-state index contributed by atoms with van der Waals surface area (Å²) in [6.07, 6.45) is -16.7. The molecule has 0 bridgehead atoms. The Morgan fingerprint density at radius 2 is 0.938 bits per heavy atom. The first-order valence-electron chi connectivity index (χ1n) is 8.80. The van der Waals surface area contributed by atoms with Crippen LogP contribution in [-0.4, -0.2) is 46.7 Å². The molecule has 2 N–H and O–H groups in total. The molecule has 174 valence electrons. The second-order valence-electron chi connectivity index (χ2n) is 6.50. The molecule has 0 aromatic heterocycles. The highest BCUT2D eigenvalue weighted by molar-refractivity contribution is 5.75. The molecule has 0 unspecified atom stereocenters. The lowest BCUT2D eigenvalue weighted by molar-refractivity contribution is -0.219. The van der Waals surface area contributed by atoms with Crippen LogP contribution in [0.5, 0.6) is 0 Å². The molecular formula is C20H16F6O6. The maximum absolute atomic E-state index is 12.2. The Bertz CT molecular complexity index is 844. The van der Waals surface area contributed by atoms with Crippen molar-refractivity contribution in [2.75, 3.05) is 0 Å². The molecule has 0 aliphatic heterocycles. The number of ether oxygens (including phenoxy) is 2. The molecule has 0 spiro atoms. The summed E-state index contributed by atoms with van der Waals surface area (Å²) < 4.78 is 82.2. The number of aliphatic hydroxyl groups is 2. The van der Waals surface area contributed by atoms with E-state index >= 15 is 0 Å². The topological polar surface area (TPSA) is 93.1 Å². The van der Waals surface area contributed by atoms with Crippen LogP contribution in [0, 0.1) is 0 Å². The van der Waals surface area contributed by atoms with E-state index in [1.807, 2.05) is 0 Å². The van der Waals surface area contributed by atoms with E-state index in [9.17, 15) is 35.9 Å². The number of halogens is 6. The van der Waals surface area contributed by atoms with Crippen LogP contribution in [0.3, 0.4) is 0 Å². The maximum Gasteiger partial charge on any atom is 0.425 e. The largest absolute Gasteiger partial charge is 0.459 e. The predicted molar refractivity (Wildman–Crippen MR) is 95.6 cm³/mol. The van der Waals surface area contributed by atoms with Crippen LogP contribution in [0.2, 0.25) is 0 Å². The van der Waals surface area contributed by atoms with Crippen LogP contribution in [-0.2, 0) is 32.3 Å². The van der Waals surface area contributed by atoms with E-state index in [4.69, 9.17) is 10.2 Å². The molecule has 0 aliphatic carbocycles. The maximum atomic E-state index is 12.2. The van der Waals surface area contributed by atoms with Crippen molar-refractivity contribution < 1.29 is 55.6 Å². The number of esters is 2. The van der Waals surface area contributed by atoms with E-state index in [0.29, 0.717) is 22.3 Å². The van der Waals surface area contributed by atoms with Crippen LogP contribution in [0.25, 0.3) is 11.1 Å². The fourth-order valence-electron chi connectivity index (χ4n) is 2.32. The van der Waals surface area contributed by atoms with Crippen LogP contribution in [0.4, 0.5) is 26.3 Å². The van der Waals surface area contributed by atoms with E-state index in [1.54, 1.807) is 24.3 Å². The fourth-order valence-corrected chi connectivity index (χ4v) is 2.32. The van der Waals surface area contributed by atoms with Crippen molar-refractivity contribution >= 4 is 11.9 Å². The molecule has 0 amide bonds. The molecule has 32 heavy (non-hydrogen) atoms. The second kappa shape index (κ2) is 10.0. The van der Waals surface area contributed by atoms with Gasteiger partial charge in [0, 0.05) is 0 Å². The lowest BCUT2D eigenvalue weighted by atomic mass is 10.0. The highest BCUT2D eigenvalue weighted by Crippen LogP contribution is 2.24. The van der Waals surface area contributed by atoms with Crippen molar-refractivity contribution in [1.29, 1.82) is 0 Å². The smallest absolute Gasteiger partial charge is 0.425 e. The van der Waals surface area contributed by atoms with Crippen molar-refractivity contribution in [1.82, 2.24) is 0 Å². The first-order chi connectivity index (χ1) is 14.8. The Balaban J connectivity index is 1.92. The molecule has 0 aliphatic rings. The fraction of sp³-hybridized carbons (Fsp3) is 0.300. The molecule has 12 heteroatoms. The molecule has 0 saturated heterocycles. The summed E-state index contributed by atoms with van der Waals surface area (Å²) in [4.78, 5) is 22.3. The summed E-state index contributed by atoms with van der Waals surface area (Å²) in [6, 6.07) is 12.3. The minimum atomic E-state index is -5.12. The number of aliphatic hydroxyl groups excluding tert-OH is 2. The first kappa shape index (κ1) is 25.1. The quantitative estimate of drug-likeness (QED) is 0.481. The van der Waals surface area contributed by atoms with Gasteiger partial charge in [-0.3, -0.25) is 0 Å². The van der Waals surface area contributed by atoms with Crippen LogP contribution in [0.1, 0.15) is 11.1 Å². The molecule has 0 heterocycles. The lowest BCUT2D eigenvalue weighted by Crippen LogP contribution is -2.37. The van der Waals surface area contributed by atoms with Gasteiger partial charge in [0.25, 0.3) is 0 Å². The molecule has 2 rings (SSSR count). The number of hydrogen-bond acceptors (Lipinski definition) is 6. The van der Waals surface area contributed by atoms with Gasteiger partial charge in [0.15, 0.2) is 0 Å². The Hall–Kier alpha value is -3.12. The van der Waals surface area contributed by atoms with Gasteiger partial charge in [-0.1, -0.05) is 48.5 Å². The van der Waals surface area contributed by atoms with Gasteiger partial charge in [-0.15, -0.1) is 0 Å². The summed E-state index contributed by atoms with van der Waals surface area (Å²) in [5.74, 6) is -3.64. The average Bonchev–Trinajstić information content (AvgIpc) is 2.74. The summed E-state index contributed by atoms with van der Waals surface area (Å²) in [6.45, 7) is -0.972. The van der Waals surface area contributed by atoms with Gasteiger partial charge in [-0.05, 0) is 22.3 Å². The summed E-state index contributed by atoms with van der Waals surface area (Å²) in [5, 5.41) is 17.6. The third kappa shape index (κ3) is 6.95. The second-order valence-corrected chi connectivity index (χ2v) is 6.50. The van der Waals surface area contributed by atoms with Crippen molar-refractivity contribution in [2.45, 2.75) is 37.8 Å². The van der Waals surface area contributed by atoms with E-state index in [1.165, 1.54) is 24.3 Å². The van der Waals surface area contributed by atoms with Crippen molar-refractivity contribution in [2.24, 2.45) is 0 Å². The molecule has 0 fully saturated rings. The van der Waals surface area contributed by atoms with Crippen molar-refractivity contribution in [3.8, 4) is 11.1 Å². The average molecular weight is 466 g/mol. The van der Waals surface area contributed by atoms with Crippen LogP contribution < -0.4 is 0 Å². The first-order valence-corrected chi connectivity index (χ1v) is 8.80. The van der Waals surface area contributed by atoms with E-state index in [0.717, 1.165) is 0 Å². The number of rotatable bonds is 7. The molecule has 0 saturated carbocycles. The molecular weight excluding hydrogens is 450 g/mol. The molecule has 6 nitrogen and oxygen atoms in total. The third-order valence-electron chi connectivity index (χ3n) is 4.07. The number of benzene rings is 2. The Kier molecular flexibility index (Phi) is 7.86. The van der Waals surface area contributed by atoms with E-state index < -0.39 is 49.7 Å². The predicted octanol–water partition coefficient (Wildman–Crippen LogP) is 3.29. The minimum Gasteiger partial charge on any atom is -0.459 e. The van der Waals surface area contributed by atoms with Gasteiger partial charge < -0.3 is 19.7 Å². The molecule has 0 radical (unpaired) electrons. The standard InChI is InChI=1S/C20H16F6O6/c21-19(22,23)15(27)17(29)31-9-11-1-5-13(6-2-11)14-7-3-12(4-8-14)10-32-18(30)16(28)20(24,25)26/h1-8,15-16,27-28H,9-10H2/t15-,16-/m1/s1. The summed E-state index contributed by atoms with van der Waals surface area (Å²) >= 11 is 0. The minimum absolute atomic E-state index is 0.364. The zero-order valence-corrected chi connectivity index (χ0v) is 16.0. The van der Waals surface area contributed by atoms with Gasteiger partial charge in [0.2, 0.25) is 12.2 Å². The van der Waals surface area contributed by atoms with Crippen molar-refractivity contribution in [3.63, 3.8) is 0 Å². The van der Waals surface area contributed by atoms with Gasteiger partial charge in [0.05, 0.1) is 0 Å². The van der Waals surface area contributed by atoms with E-state index in [2.05, 4.69) is 9.47 Å². The highest BCUT2D eigenvalue weighted by atomic mass is 19.4.